The van der Waals surface area contributed by atoms with Crippen LogP contribution >= 0.6 is 11.3 Å². The number of hydrogen-bond donors (Lipinski definition) is 1. The van der Waals surface area contributed by atoms with Crippen LogP contribution < -0.4 is 5.32 Å². The van der Waals surface area contributed by atoms with Crippen LogP contribution in [-0.4, -0.2) is 31.4 Å². The molecule has 0 aliphatic carbocycles. The number of nitrogens with one attached hydrogen (secondary N) is 1. The van der Waals surface area contributed by atoms with Gasteiger partial charge in [0.05, 0.1) is 4.90 Å². The molecule has 0 bridgehead atoms. The number of hydrogen-bond acceptors (Lipinski definition) is 6. The molecule has 0 aliphatic rings. The molecule has 1 N–H and O–H groups in total. The fraction of sp³-hybridized carbons (Fsp3) is 0.385. The van der Waals surface area contributed by atoms with Gasteiger partial charge in [0, 0.05) is 18.4 Å². The Kier molecular flexibility index (Phi) is 4.85. The van der Waals surface area contributed by atoms with Crippen molar-refractivity contribution >= 4 is 21.2 Å². The molecule has 20 heavy (non-hydrogen) atoms. The smallest absolute Gasteiger partial charge is 0.175 e. The fourth-order valence-electron chi connectivity index (χ4n) is 1.67. The molecule has 2 rings (SSSR count). The Bertz CT molecular complexity index is 680. The zero-order chi connectivity index (χ0) is 14.6. The van der Waals surface area contributed by atoms with Gasteiger partial charge in [-0.1, -0.05) is 30.4 Å². The van der Waals surface area contributed by atoms with Crippen molar-refractivity contribution in [2.75, 3.05) is 12.8 Å². The summed E-state index contributed by atoms with van der Waals surface area (Å²) in [4.78, 5) is 0.302. The third-order valence-corrected chi connectivity index (χ3v) is 4.76. The van der Waals surface area contributed by atoms with E-state index in [9.17, 15) is 8.42 Å². The van der Waals surface area contributed by atoms with E-state index in [-0.39, 0.29) is 0 Å². The first kappa shape index (κ1) is 15.1. The molecule has 0 radical (unpaired) electrons. The first-order valence-corrected chi connectivity index (χ1v) is 9.05. The van der Waals surface area contributed by atoms with Gasteiger partial charge in [0.25, 0.3) is 0 Å². The van der Waals surface area contributed by atoms with Crippen molar-refractivity contribution in [3.63, 3.8) is 0 Å². The highest BCUT2D eigenvalue weighted by Gasteiger charge is 2.11. The molecule has 7 heteroatoms. The Labute approximate surface area is 123 Å². The quantitative estimate of drug-likeness (QED) is 0.827. The van der Waals surface area contributed by atoms with Crippen LogP contribution in [0.1, 0.15) is 18.4 Å². The predicted molar refractivity (Wildman–Crippen MR) is 80.5 cm³/mol. The number of sulfone groups is 1. The molecule has 0 amide bonds. The molecule has 0 aliphatic heterocycles. The molecule has 108 valence electrons. The average Bonchev–Trinajstić information content (AvgIpc) is 2.87. The van der Waals surface area contributed by atoms with Crippen LogP contribution in [0.25, 0.3) is 10.6 Å². The summed E-state index contributed by atoms with van der Waals surface area (Å²) >= 11 is 1.48. The van der Waals surface area contributed by atoms with Crippen molar-refractivity contribution in [2.24, 2.45) is 0 Å². The van der Waals surface area contributed by atoms with Gasteiger partial charge in [0.1, 0.15) is 10.0 Å². The van der Waals surface area contributed by atoms with Crippen molar-refractivity contribution in [2.45, 2.75) is 24.8 Å². The Balaban J connectivity index is 2.20. The Morgan fingerprint density at radius 1 is 1.30 bits per heavy atom. The molecule has 0 fully saturated rings. The number of rotatable bonds is 6. The number of benzene rings is 1. The van der Waals surface area contributed by atoms with Crippen molar-refractivity contribution in [3.8, 4) is 10.6 Å². The van der Waals surface area contributed by atoms with Gasteiger partial charge in [0.15, 0.2) is 9.84 Å². The maximum atomic E-state index is 11.6. The molecular weight excluding hydrogens is 294 g/mol. The fourth-order valence-corrected chi connectivity index (χ4v) is 3.15. The summed E-state index contributed by atoms with van der Waals surface area (Å²) < 4.78 is 23.1. The van der Waals surface area contributed by atoms with E-state index in [0.717, 1.165) is 28.5 Å². The highest BCUT2D eigenvalue weighted by molar-refractivity contribution is 7.90. The summed E-state index contributed by atoms with van der Waals surface area (Å²) in [6.07, 6.45) is 2.27. The van der Waals surface area contributed by atoms with Crippen LogP contribution in [0.4, 0.5) is 0 Å². The van der Waals surface area contributed by atoms with Gasteiger partial charge in [-0.25, -0.2) is 8.42 Å². The lowest BCUT2D eigenvalue weighted by Gasteiger charge is -2.00. The monoisotopic (exact) mass is 311 g/mol. The van der Waals surface area contributed by atoms with Crippen molar-refractivity contribution in [1.29, 1.82) is 0 Å². The summed E-state index contributed by atoms with van der Waals surface area (Å²) in [5, 5.41) is 13.1. The summed E-state index contributed by atoms with van der Waals surface area (Å²) in [5.41, 5.74) is 0.784. The van der Waals surface area contributed by atoms with Crippen molar-refractivity contribution in [3.05, 3.63) is 29.3 Å². The molecule has 5 nitrogen and oxygen atoms in total. The van der Waals surface area contributed by atoms with Gasteiger partial charge in [-0.15, -0.1) is 10.2 Å². The van der Waals surface area contributed by atoms with Gasteiger partial charge in [-0.3, -0.25) is 0 Å². The first-order chi connectivity index (χ1) is 9.50. The van der Waals surface area contributed by atoms with E-state index < -0.39 is 9.84 Å². The molecular formula is C13H17N3O2S2. The van der Waals surface area contributed by atoms with Crippen LogP contribution in [0.3, 0.4) is 0 Å². The van der Waals surface area contributed by atoms with Crippen LogP contribution in [0.15, 0.2) is 29.2 Å². The Hall–Kier alpha value is -1.31. The third kappa shape index (κ3) is 3.84. The SMILES string of the molecule is CCCNCc1nnc(-c2cccc(S(C)(=O)=O)c2)s1. The topological polar surface area (TPSA) is 72.0 Å². The van der Waals surface area contributed by atoms with Crippen LogP contribution in [0.2, 0.25) is 0 Å². The summed E-state index contributed by atoms with van der Waals surface area (Å²) in [7, 11) is -3.20. The van der Waals surface area contributed by atoms with Crippen molar-refractivity contribution < 1.29 is 8.42 Å². The van der Waals surface area contributed by atoms with Gasteiger partial charge >= 0.3 is 0 Å². The van der Waals surface area contributed by atoms with Crippen LogP contribution in [-0.2, 0) is 16.4 Å². The molecule has 0 saturated carbocycles. The highest BCUT2D eigenvalue weighted by atomic mass is 32.2. The molecule has 0 saturated heterocycles. The highest BCUT2D eigenvalue weighted by Crippen LogP contribution is 2.25. The number of nitrogens with zero attached hydrogens (tertiary/aromatic N) is 2. The van der Waals surface area contributed by atoms with E-state index >= 15 is 0 Å². The summed E-state index contributed by atoms with van der Waals surface area (Å²) in [5.74, 6) is 0. The van der Waals surface area contributed by atoms with Crippen LogP contribution in [0, 0.1) is 0 Å². The van der Waals surface area contributed by atoms with Gasteiger partial charge in [-0.2, -0.15) is 0 Å². The lowest BCUT2D eigenvalue weighted by molar-refractivity contribution is 0.602. The number of aromatic nitrogens is 2. The second-order valence-corrected chi connectivity index (χ2v) is 7.56. The summed E-state index contributed by atoms with van der Waals surface area (Å²) in [6, 6.07) is 6.79. The largest absolute Gasteiger partial charge is 0.310 e. The van der Waals surface area contributed by atoms with E-state index in [1.807, 2.05) is 6.07 Å². The average molecular weight is 311 g/mol. The predicted octanol–water partition coefficient (Wildman–Crippen LogP) is 2.11. The molecule has 1 aromatic heterocycles. The molecule has 0 unspecified atom stereocenters. The zero-order valence-electron chi connectivity index (χ0n) is 11.5. The van der Waals surface area contributed by atoms with Gasteiger partial charge < -0.3 is 5.32 Å². The second-order valence-electron chi connectivity index (χ2n) is 4.48. The standard InChI is InChI=1S/C13H17N3O2S2/c1-3-7-14-9-12-15-16-13(19-12)10-5-4-6-11(8-10)20(2,17)18/h4-6,8,14H,3,7,9H2,1-2H3. The van der Waals surface area contributed by atoms with Gasteiger partial charge in [0.2, 0.25) is 0 Å². The van der Waals surface area contributed by atoms with Gasteiger partial charge in [-0.05, 0) is 25.1 Å². The normalized spacial score (nSPS) is 11.7. The second kappa shape index (κ2) is 6.43. The first-order valence-electron chi connectivity index (χ1n) is 6.34. The summed E-state index contributed by atoms with van der Waals surface area (Å²) in [6.45, 7) is 3.74. The molecule has 0 atom stereocenters. The lowest BCUT2D eigenvalue weighted by Crippen LogP contribution is -2.13. The van der Waals surface area contributed by atoms with E-state index in [4.69, 9.17) is 0 Å². The maximum absolute atomic E-state index is 11.6. The molecule has 0 spiro atoms. The van der Waals surface area contributed by atoms with E-state index in [2.05, 4.69) is 22.4 Å². The Morgan fingerprint density at radius 3 is 2.80 bits per heavy atom. The molecule has 1 aromatic carbocycles. The zero-order valence-corrected chi connectivity index (χ0v) is 13.1. The minimum absolute atomic E-state index is 0.302. The van der Waals surface area contributed by atoms with E-state index in [0.29, 0.717) is 11.4 Å². The third-order valence-electron chi connectivity index (χ3n) is 2.68. The van der Waals surface area contributed by atoms with Crippen molar-refractivity contribution in [1.82, 2.24) is 15.5 Å². The minimum atomic E-state index is -3.20. The minimum Gasteiger partial charge on any atom is -0.310 e. The lowest BCUT2D eigenvalue weighted by atomic mass is 10.2. The van der Waals surface area contributed by atoms with Crippen LogP contribution in [0.5, 0.6) is 0 Å². The Morgan fingerprint density at radius 2 is 2.10 bits per heavy atom. The molecule has 1 heterocycles. The van der Waals surface area contributed by atoms with E-state index in [1.165, 1.54) is 17.6 Å². The maximum Gasteiger partial charge on any atom is 0.175 e. The molecule has 2 aromatic rings. The van der Waals surface area contributed by atoms with E-state index in [1.54, 1.807) is 18.2 Å².